The van der Waals surface area contributed by atoms with Crippen molar-refractivity contribution in [2.24, 2.45) is 11.8 Å². The first kappa shape index (κ1) is 16.5. The van der Waals surface area contributed by atoms with E-state index >= 15 is 0 Å². The molecule has 5 nitrogen and oxygen atoms in total. The Kier molecular flexibility index (Phi) is 4.81. The zero-order chi connectivity index (χ0) is 17.1. The number of amides is 1. The highest BCUT2D eigenvalue weighted by molar-refractivity contribution is 6.31. The zero-order valence-corrected chi connectivity index (χ0v) is 13.7. The van der Waals surface area contributed by atoms with Crippen LogP contribution in [-0.4, -0.2) is 22.0 Å². The molecule has 1 fully saturated rings. The molecule has 24 heavy (non-hydrogen) atoms. The molecule has 6 heteroatoms. The summed E-state index contributed by atoms with van der Waals surface area (Å²) in [7, 11) is 0. The second-order valence-corrected chi connectivity index (χ2v) is 6.52. The van der Waals surface area contributed by atoms with Gasteiger partial charge in [-0.3, -0.25) is 14.6 Å². The van der Waals surface area contributed by atoms with Gasteiger partial charge in [-0.15, -0.1) is 0 Å². The average molecular weight is 345 g/mol. The molecule has 0 radical (unpaired) electrons. The lowest BCUT2D eigenvalue weighted by Crippen LogP contribution is -2.35. The van der Waals surface area contributed by atoms with E-state index in [4.69, 9.17) is 16.7 Å². The normalized spacial score (nSPS) is 19.4. The lowest BCUT2D eigenvalue weighted by molar-refractivity contribution is -0.140. The van der Waals surface area contributed by atoms with Gasteiger partial charge < -0.3 is 10.4 Å². The highest BCUT2D eigenvalue weighted by atomic mass is 35.5. The van der Waals surface area contributed by atoms with E-state index in [-0.39, 0.29) is 24.2 Å². The standard InChI is InChI=1S/C18H17ClN2O3/c19-15-8-13(12-1-3-20-4-2-12)9-16(10-15)21-18(24)14-5-11(6-14)7-17(22)23/h1-4,8-11,14H,5-7H2,(H,21,24)(H,22,23). The first-order chi connectivity index (χ1) is 11.5. The third-order valence-electron chi connectivity index (χ3n) is 4.25. The molecule has 0 aliphatic heterocycles. The molecule has 3 rings (SSSR count). The van der Waals surface area contributed by atoms with Gasteiger partial charge >= 0.3 is 5.97 Å². The molecule has 2 aromatic rings. The lowest BCUT2D eigenvalue weighted by atomic mass is 9.73. The van der Waals surface area contributed by atoms with Gasteiger partial charge in [0.25, 0.3) is 0 Å². The molecule has 0 unspecified atom stereocenters. The van der Waals surface area contributed by atoms with Gasteiger partial charge in [0, 0.05) is 35.4 Å². The minimum atomic E-state index is -0.810. The molecule has 1 heterocycles. The number of carboxylic acids is 1. The SMILES string of the molecule is O=C(O)CC1CC(C(=O)Nc2cc(Cl)cc(-c3ccncc3)c2)C1. The van der Waals surface area contributed by atoms with Crippen LogP contribution in [0.25, 0.3) is 11.1 Å². The number of halogens is 1. The van der Waals surface area contributed by atoms with Crippen LogP contribution >= 0.6 is 11.6 Å². The van der Waals surface area contributed by atoms with Gasteiger partial charge in [-0.25, -0.2) is 0 Å². The number of carboxylic acid groups (broad SMARTS) is 1. The van der Waals surface area contributed by atoms with Crippen LogP contribution in [0.4, 0.5) is 5.69 Å². The Hall–Kier alpha value is -2.40. The van der Waals surface area contributed by atoms with E-state index in [0.29, 0.717) is 23.6 Å². The predicted molar refractivity (Wildman–Crippen MR) is 91.8 cm³/mol. The van der Waals surface area contributed by atoms with Crippen LogP contribution in [0, 0.1) is 11.8 Å². The number of carbonyl (C=O) groups is 2. The summed E-state index contributed by atoms with van der Waals surface area (Å²) in [5.41, 5.74) is 2.51. The van der Waals surface area contributed by atoms with E-state index in [9.17, 15) is 9.59 Å². The second kappa shape index (κ2) is 7.01. The van der Waals surface area contributed by atoms with Gasteiger partial charge in [-0.1, -0.05) is 11.6 Å². The summed E-state index contributed by atoms with van der Waals surface area (Å²) in [4.78, 5) is 26.9. The third-order valence-corrected chi connectivity index (χ3v) is 4.47. The number of benzene rings is 1. The summed E-state index contributed by atoms with van der Waals surface area (Å²) < 4.78 is 0. The third kappa shape index (κ3) is 3.92. The van der Waals surface area contributed by atoms with Crippen molar-refractivity contribution in [2.75, 3.05) is 5.32 Å². The number of nitrogens with zero attached hydrogens (tertiary/aromatic N) is 1. The number of hydrogen-bond acceptors (Lipinski definition) is 3. The van der Waals surface area contributed by atoms with Crippen molar-refractivity contribution in [2.45, 2.75) is 19.3 Å². The van der Waals surface area contributed by atoms with Crippen LogP contribution in [0.5, 0.6) is 0 Å². The van der Waals surface area contributed by atoms with Crippen molar-refractivity contribution in [3.8, 4) is 11.1 Å². The summed E-state index contributed by atoms with van der Waals surface area (Å²) in [6.45, 7) is 0. The Morgan fingerprint density at radius 1 is 1.17 bits per heavy atom. The summed E-state index contributed by atoms with van der Waals surface area (Å²) >= 11 is 6.16. The molecule has 1 aliphatic carbocycles. The molecular formula is C18H17ClN2O3. The molecule has 0 bridgehead atoms. The van der Waals surface area contributed by atoms with Crippen LogP contribution in [0.3, 0.4) is 0 Å². The maximum absolute atomic E-state index is 12.3. The molecule has 0 spiro atoms. The fourth-order valence-electron chi connectivity index (χ4n) is 2.98. The number of nitrogens with one attached hydrogen (secondary N) is 1. The Bertz CT molecular complexity index is 758. The minimum absolute atomic E-state index is 0.0837. The zero-order valence-electron chi connectivity index (χ0n) is 12.9. The molecule has 2 N–H and O–H groups in total. The Labute approximate surface area is 144 Å². The van der Waals surface area contributed by atoms with E-state index in [1.165, 1.54) is 0 Å². The minimum Gasteiger partial charge on any atom is -0.481 e. The van der Waals surface area contributed by atoms with Crippen LogP contribution in [0.15, 0.2) is 42.7 Å². The summed E-state index contributed by atoms with van der Waals surface area (Å²) in [5.74, 6) is -0.919. The number of carbonyl (C=O) groups excluding carboxylic acids is 1. The van der Waals surface area contributed by atoms with Crippen LogP contribution in [-0.2, 0) is 9.59 Å². The van der Waals surface area contributed by atoms with Crippen molar-refractivity contribution in [3.05, 3.63) is 47.7 Å². The highest BCUT2D eigenvalue weighted by Crippen LogP contribution is 2.37. The Morgan fingerprint density at radius 2 is 1.88 bits per heavy atom. The quantitative estimate of drug-likeness (QED) is 0.863. The molecule has 0 saturated heterocycles. The topological polar surface area (TPSA) is 79.3 Å². The van der Waals surface area contributed by atoms with Gasteiger partial charge in [-0.2, -0.15) is 0 Å². The molecule has 1 saturated carbocycles. The smallest absolute Gasteiger partial charge is 0.303 e. The van der Waals surface area contributed by atoms with Crippen LogP contribution < -0.4 is 5.32 Å². The Balaban J connectivity index is 1.67. The summed E-state index contributed by atoms with van der Waals surface area (Å²) in [6.07, 6.45) is 4.77. The number of pyridine rings is 1. The van der Waals surface area contributed by atoms with E-state index < -0.39 is 5.97 Å². The first-order valence-corrected chi connectivity index (χ1v) is 8.12. The van der Waals surface area contributed by atoms with Crippen LogP contribution in [0.1, 0.15) is 19.3 Å². The molecule has 1 aliphatic rings. The van der Waals surface area contributed by atoms with Crippen molar-refractivity contribution in [3.63, 3.8) is 0 Å². The first-order valence-electron chi connectivity index (χ1n) is 7.75. The molecule has 1 aromatic heterocycles. The number of rotatable bonds is 5. The van der Waals surface area contributed by atoms with E-state index in [0.717, 1.165) is 11.1 Å². The molecule has 1 aromatic carbocycles. The van der Waals surface area contributed by atoms with E-state index in [1.807, 2.05) is 24.3 Å². The van der Waals surface area contributed by atoms with Crippen molar-refractivity contribution in [1.29, 1.82) is 0 Å². The molecule has 124 valence electrons. The maximum atomic E-state index is 12.3. The van der Waals surface area contributed by atoms with Gasteiger partial charge in [-0.05, 0) is 60.2 Å². The van der Waals surface area contributed by atoms with Crippen LogP contribution in [0.2, 0.25) is 5.02 Å². The molecule has 1 amide bonds. The van der Waals surface area contributed by atoms with Gasteiger partial charge in [0.05, 0.1) is 0 Å². The maximum Gasteiger partial charge on any atom is 0.303 e. The second-order valence-electron chi connectivity index (χ2n) is 6.09. The molecule has 0 atom stereocenters. The Morgan fingerprint density at radius 3 is 2.54 bits per heavy atom. The van der Waals surface area contributed by atoms with E-state index in [2.05, 4.69) is 10.3 Å². The van der Waals surface area contributed by atoms with Crippen molar-refractivity contribution < 1.29 is 14.7 Å². The van der Waals surface area contributed by atoms with Crippen molar-refractivity contribution >= 4 is 29.2 Å². The predicted octanol–water partition coefficient (Wildman–Crippen LogP) is 3.84. The lowest BCUT2D eigenvalue weighted by Gasteiger charge is -2.33. The summed E-state index contributed by atoms with van der Waals surface area (Å²) in [5, 5.41) is 12.2. The number of hydrogen-bond donors (Lipinski definition) is 2. The van der Waals surface area contributed by atoms with E-state index in [1.54, 1.807) is 18.5 Å². The number of anilines is 1. The van der Waals surface area contributed by atoms with Gasteiger partial charge in [0.15, 0.2) is 0 Å². The number of aliphatic carboxylic acids is 1. The van der Waals surface area contributed by atoms with Crippen molar-refractivity contribution in [1.82, 2.24) is 4.98 Å². The largest absolute Gasteiger partial charge is 0.481 e. The van der Waals surface area contributed by atoms with Gasteiger partial charge in [0.1, 0.15) is 0 Å². The number of aromatic nitrogens is 1. The summed E-state index contributed by atoms with van der Waals surface area (Å²) in [6, 6.07) is 9.15. The highest BCUT2D eigenvalue weighted by Gasteiger charge is 2.35. The molecular weight excluding hydrogens is 328 g/mol. The average Bonchev–Trinajstić information content (AvgIpc) is 2.50. The fraction of sp³-hybridized carbons (Fsp3) is 0.278. The van der Waals surface area contributed by atoms with Gasteiger partial charge in [0.2, 0.25) is 5.91 Å². The fourth-order valence-corrected chi connectivity index (χ4v) is 3.22. The monoisotopic (exact) mass is 344 g/mol.